The number of hydrogen-bond donors (Lipinski definition) is 1. The summed E-state index contributed by atoms with van der Waals surface area (Å²) in [6, 6.07) is 23.2. The lowest BCUT2D eigenvalue weighted by Crippen LogP contribution is -2.24. The average molecular weight is 447 g/mol. The van der Waals surface area contributed by atoms with Crippen molar-refractivity contribution in [3.63, 3.8) is 0 Å². The van der Waals surface area contributed by atoms with Crippen LogP contribution >= 0.6 is 0 Å². The third-order valence-electron chi connectivity index (χ3n) is 5.26. The molecule has 0 bridgehead atoms. The fraction of sp³-hybridized carbons (Fsp3) is 0.259. The minimum Gasteiger partial charge on any atom is -0.493 e. The molecule has 0 saturated carbocycles. The molecule has 1 atom stereocenters. The Hall–Kier alpha value is -3.80. The van der Waals surface area contributed by atoms with Gasteiger partial charge in [0.25, 0.3) is 5.91 Å². The van der Waals surface area contributed by atoms with Crippen molar-refractivity contribution < 1.29 is 19.0 Å². The molecule has 0 spiro atoms. The van der Waals surface area contributed by atoms with Gasteiger partial charge in [0, 0.05) is 0 Å². The van der Waals surface area contributed by atoms with E-state index >= 15 is 0 Å². The summed E-state index contributed by atoms with van der Waals surface area (Å²) in [7, 11) is 1.58. The van der Waals surface area contributed by atoms with E-state index in [0.29, 0.717) is 29.8 Å². The fourth-order valence-corrected chi connectivity index (χ4v) is 3.11. The van der Waals surface area contributed by atoms with Crippen LogP contribution in [0.3, 0.4) is 0 Å². The third-order valence-corrected chi connectivity index (χ3v) is 5.26. The summed E-state index contributed by atoms with van der Waals surface area (Å²) in [5.74, 6) is 2.03. The summed E-state index contributed by atoms with van der Waals surface area (Å²) in [5.41, 5.74) is 5.56. The second kappa shape index (κ2) is 12.3. The SMILES string of the molecule is CCC(C)c1ccc(OCC(=O)N/N=C/c2ccc(OCc3ccccc3)c(OC)c2)cc1. The van der Waals surface area contributed by atoms with Gasteiger partial charge in [0.15, 0.2) is 18.1 Å². The minimum atomic E-state index is -0.341. The van der Waals surface area contributed by atoms with Crippen molar-refractivity contribution >= 4 is 12.1 Å². The molecule has 3 aromatic rings. The van der Waals surface area contributed by atoms with Gasteiger partial charge in [-0.1, -0.05) is 56.3 Å². The zero-order valence-electron chi connectivity index (χ0n) is 19.3. The van der Waals surface area contributed by atoms with Crippen LogP contribution in [0, 0.1) is 0 Å². The number of amides is 1. The number of rotatable bonds is 11. The second-order valence-electron chi connectivity index (χ2n) is 7.64. The summed E-state index contributed by atoms with van der Waals surface area (Å²) >= 11 is 0. The molecule has 0 aliphatic heterocycles. The number of ether oxygens (including phenoxy) is 3. The Kier molecular flexibility index (Phi) is 8.88. The van der Waals surface area contributed by atoms with Gasteiger partial charge in [0.05, 0.1) is 13.3 Å². The van der Waals surface area contributed by atoms with E-state index in [4.69, 9.17) is 14.2 Å². The van der Waals surface area contributed by atoms with Crippen LogP contribution in [0.4, 0.5) is 0 Å². The van der Waals surface area contributed by atoms with Crippen LogP contribution in [0.5, 0.6) is 17.2 Å². The molecule has 6 heteroatoms. The monoisotopic (exact) mass is 446 g/mol. The number of carbonyl (C=O) groups is 1. The normalized spacial score (nSPS) is 11.7. The van der Waals surface area contributed by atoms with E-state index in [0.717, 1.165) is 17.5 Å². The number of nitrogens with one attached hydrogen (secondary N) is 1. The van der Waals surface area contributed by atoms with Gasteiger partial charge in [-0.2, -0.15) is 5.10 Å². The average Bonchev–Trinajstić information content (AvgIpc) is 2.87. The minimum absolute atomic E-state index is 0.115. The number of methoxy groups -OCH3 is 1. The van der Waals surface area contributed by atoms with Crippen LogP contribution in [0.1, 0.15) is 42.9 Å². The molecule has 0 aromatic heterocycles. The lowest BCUT2D eigenvalue weighted by atomic mass is 9.99. The number of nitrogens with zero attached hydrogens (tertiary/aromatic N) is 1. The van der Waals surface area contributed by atoms with Crippen molar-refractivity contribution in [1.29, 1.82) is 0 Å². The summed E-state index contributed by atoms with van der Waals surface area (Å²) in [6.45, 7) is 4.67. The van der Waals surface area contributed by atoms with E-state index in [2.05, 4.69) is 24.4 Å². The van der Waals surface area contributed by atoms with Crippen molar-refractivity contribution in [1.82, 2.24) is 5.43 Å². The van der Waals surface area contributed by atoms with Crippen molar-refractivity contribution in [2.24, 2.45) is 5.10 Å². The van der Waals surface area contributed by atoms with Crippen molar-refractivity contribution in [2.45, 2.75) is 32.8 Å². The number of benzene rings is 3. The molecule has 33 heavy (non-hydrogen) atoms. The highest BCUT2D eigenvalue weighted by Crippen LogP contribution is 2.28. The van der Waals surface area contributed by atoms with E-state index in [9.17, 15) is 4.79 Å². The molecule has 3 rings (SSSR count). The molecule has 172 valence electrons. The van der Waals surface area contributed by atoms with E-state index in [1.807, 2.05) is 66.7 Å². The maximum atomic E-state index is 12.0. The van der Waals surface area contributed by atoms with Gasteiger partial charge in [-0.3, -0.25) is 4.79 Å². The number of hydrazone groups is 1. The molecule has 1 unspecified atom stereocenters. The van der Waals surface area contributed by atoms with Crippen molar-refractivity contribution in [2.75, 3.05) is 13.7 Å². The molecule has 0 heterocycles. The predicted octanol–water partition coefficient (Wildman–Crippen LogP) is 5.32. The molecule has 0 aliphatic carbocycles. The van der Waals surface area contributed by atoms with Gasteiger partial charge in [-0.25, -0.2) is 5.43 Å². The van der Waals surface area contributed by atoms with Crippen molar-refractivity contribution in [3.05, 3.63) is 89.5 Å². The van der Waals surface area contributed by atoms with Gasteiger partial charge < -0.3 is 14.2 Å². The standard InChI is InChI=1S/C27H30N2O4/c1-4-20(2)23-11-13-24(14-12-23)32-19-27(30)29-28-17-22-10-15-25(26(16-22)31-3)33-18-21-8-6-5-7-9-21/h5-17,20H,4,18-19H2,1-3H3,(H,29,30)/b28-17+. The zero-order chi connectivity index (χ0) is 23.5. The number of carbonyl (C=O) groups excluding carboxylic acids is 1. The van der Waals surface area contributed by atoms with E-state index in [1.165, 1.54) is 5.56 Å². The highest BCUT2D eigenvalue weighted by atomic mass is 16.5. The van der Waals surface area contributed by atoms with Crippen molar-refractivity contribution in [3.8, 4) is 17.2 Å². The molecule has 0 saturated heterocycles. The van der Waals surface area contributed by atoms with Gasteiger partial charge >= 0.3 is 0 Å². The van der Waals surface area contributed by atoms with Crippen LogP contribution in [0.25, 0.3) is 0 Å². The lowest BCUT2D eigenvalue weighted by Gasteiger charge is -2.11. The maximum absolute atomic E-state index is 12.0. The highest BCUT2D eigenvalue weighted by molar-refractivity contribution is 5.83. The molecule has 1 N–H and O–H groups in total. The van der Waals surface area contributed by atoms with Gasteiger partial charge in [0.1, 0.15) is 12.4 Å². The Bertz CT molecular complexity index is 1050. The molecule has 1 amide bonds. The summed E-state index contributed by atoms with van der Waals surface area (Å²) in [4.78, 5) is 12.0. The Morgan fingerprint density at radius 1 is 1.00 bits per heavy atom. The Morgan fingerprint density at radius 3 is 2.45 bits per heavy atom. The van der Waals surface area contributed by atoms with Crippen LogP contribution in [0.2, 0.25) is 0 Å². The molecular weight excluding hydrogens is 416 g/mol. The Labute approximate surface area is 195 Å². The first-order valence-corrected chi connectivity index (χ1v) is 11.0. The zero-order valence-corrected chi connectivity index (χ0v) is 19.3. The van der Waals surface area contributed by atoms with Gasteiger partial charge in [-0.05, 0) is 59.4 Å². The van der Waals surface area contributed by atoms with Crippen LogP contribution in [-0.2, 0) is 11.4 Å². The Balaban J connectivity index is 1.48. The predicted molar refractivity (Wildman–Crippen MR) is 130 cm³/mol. The summed E-state index contributed by atoms with van der Waals surface area (Å²) in [5, 5.41) is 4.00. The summed E-state index contributed by atoms with van der Waals surface area (Å²) < 4.78 is 16.8. The molecule has 3 aromatic carbocycles. The van der Waals surface area contributed by atoms with E-state index < -0.39 is 0 Å². The van der Waals surface area contributed by atoms with Crippen LogP contribution in [0.15, 0.2) is 77.9 Å². The molecule has 0 radical (unpaired) electrons. The van der Waals surface area contributed by atoms with Gasteiger partial charge in [-0.15, -0.1) is 0 Å². The smallest absolute Gasteiger partial charge is 0.277 e. The molecule has 0 aliphatic rings. The molecular formula is C27H30N2O4. The second-order valence-corrected chi connectivity index (χ2v) is 7.64. The van der Waals surface area contributed by atoms with E-state index in [-0.39, 0.29) is 12.5 Å². The third kappa shape index (κ3) is 7.38. The quantitative estimate of drug-likeness (QED) is 0.320. The summed E-state index contributed by atoms with van der Waals surface area (Å²) in [6.07, 6.45) is 2.62. The first-order chi connectivity index (χ1) is 16.1. The fourth-order valence-electron chi connectivity index (χ4n) is 3.11. The first kappa shape index (κ1) is 23.9. The van der Waals surface area contributed by atoms with E-state index in [1.54, 1.807) is 19.4 Å². The lowest BCUT2D eigenvalue weighted by molar-refractivity contribution is -0.123. The Morgan fingerprint density at radius 2 is 1.76 bits per heavy atom. The molecule has 0 fully saturated rings. The largest absolute Gasteiger partial charge is 0.493 e. The van der Waals surface area contributed by atoms with Crippen LogP contribution < -0.4 is 19.6 Å². The first-order valence-electron chi connectivity index (χ1n) is 11.0. The van der Waals surface area contributed by atoms with Crippen LogP contribution in [-0.4, -0.2) is 25.8 Å². The van der Waals surface area contributed by atoms with Gasteiger partial charge in [0.2, 0.25) is 0 Å². The highest BCUT2D eigenvalue weighted by Gasteiger charge is 2.07. The maximum Gasteiger partial charge on any atom is 0.277 e. The molecule has 6 nitrogen and oxygen atoms in total. The topological polar surface area (TPSA) is 69.2 Å². The number of hydrogen-bond acceptors (Lipinski definition) is 5.